The Balaban J connectivity index is 3.35. The maximum absolute atomic E-state index is 11.4. The second-order valence-corrected chi connectivity index (χ2v) is 4.15. The van der Waals surface area contributed by atoms with Crippen LogP contribution in [-0.4, -0.2) is 24.9 Å². The summed E-state index contributed by atoms with van der Waals surface area (Å²) in [6.07, 6.45) is 0. The van der Waals surface area contributed by atoms with E-state index < -0.39 is 11.8 Å². The molecule has 0 spiro atoms. The molecule has 0 fully saturated rings. The summed E-state index contributed by atoms with van der Waals surface area (Å²) in [7, 11) is 0. The number of nitrogens with two attached hydrogens (primary N) is 3. The van der Waals surface area contributed by atoms with Crippen LogP contribution in [0.1, 0.15) is 17.3 Å². The number of benzene rings is 1. The lowest BCUT2D eigenvalue weighted by molar-refractivity contribution is -0.116. The summed E-state index contributed by atoms with van der Waals surface area (Å²) in [5.41, 5.74) is 16.9. The smallest absolute Gasteiger partial charge is 0.250 e. The van der Waals surface area contributed by atoms with Gasteiger partial charge >= 0.3 is 0 Å². The second-order valence-electron chi connectivity index (χ2n) is 3.74. The number of primary amides is 2. The van der Waals surface area contributed by atoms with Gasteiger partial charge in [-0.3, -0.25) is 9.59 Å². The van der Waals surface area contributed by atoms with E-state index in [2.05, 4.69) is 0 Å². The van der Waals surface area contributed by atoms with Crippen LogP contribution in [-0.2, 0) is 4.79 Å². The molecule has 6 nitrogen and oxygen atoms in total. The standard InChI is InChI=1S/C11H15ClN4O2/c1-2-16(5-9(14)17)10-7(11(15)18)3-6(13)4-8(10)12/h3-4H,2,5,13H2,1H3,(H2,14,17)(H2,15,18). The van der Waals surface area contributed by atoms with Gasteiger partial charge in [0.2, 0.25) is 5.91 Å². The largest absolute Gasteiger partial charge is 0.399 e. The highest BCUT2D eigenvalue weighted by Crippen LogP contribution is 2.32. The van der Waals surface area contributed by atoms with E-state index in [0.29, 0.717) is 17.9 Å². The third-order valence-electron chi connectivity index (χ3n) is 2.40. The van der Waals surface area contributed by atoms with Crippen LogP contribution in [0.15, 0.2) is 12.1 Å². The van der Waals surface area contributed by atoms with Crippen LogP contribution < -0.4 is 22.1 Å². The minimum absolute atomic E-state index is 0.0551. The summed E-state index contributed by atoms with van der Waals surface area (Å²) < 4.78 is 0. The van der Waals surface area contributed by atoms with Crippen molar-refractivity contribution in [3.63, 3.8) is 0 Å². The summed E-state index contributed by atoms with van der Waals surface area (Å²) in [5, 5.41) is 0.256. The predicted octanol–water partition coefficient (Wildman–Crippen LogP) is 0.333. The van der Waals surface area contributed by atoms with E-state index in [1.54, 1.807) is 11.8 Å². The van der Waals surface area contributed by atoms with Crippen molar-refractivity contribution >= 4 is 34.8 Å². The van der Waals surface area contributed by atoms with Gasteiger partial charge in [0.05, 0.1) is 22.8 Å². The molecule has 0 bridgehead atoms. The normalized spacial score (nSPS) is 10.1. The Kier molecular flexibility index (Phi) is 4.38. The Labute approximate surface area is 110 Å². The van der Waals surface area contributed by atoms with Crippen LogP contribution >= 0.6 is 11.6 Å². The van der Waals surface area contributed by atoms with Crippen molar-refractivity contribution < 1.29 is 9.59 Å². The van der Waals surface area contributed by atoms with Gasteiger partial charge in [-0.1, -0.05) is 11.6 Å². The quantitative estimate of drug-likeness (QED) is 0.669. The maximum Gasteiger partial charge on any atom is 0.250 e. The Morgan fingerprint density at radius 3 is 2.39 bits per heavy atom. The predicted molar refractivity (Wildman–Crippen MR) is 71.5 cm³/mol. The van der Waals surface area contributed by atoms with Gasteiger partial charge in [0.25, 0.3) is 5.91 Å². The first kappa shape index (κ1) is 14.1. The summed E-state index contributed by atoms with van der Waals surface area (Å²) in [6.45, 7) is 2.20. The van der Waals surface area contributed by atoms with Gasteiger partial charge in [-0.2, -0.15) is 0 Å². The molecule has 0 radical (unpaired) electrons. The molecule has 1 rings (SSSR count). The number of amides is 2. The van der Waals surface area contributed by atoms with Crippen molar-refractivity contribution in [1.82, 2.24) is 0 Å². The van der Waals surface area contributed by atoms with E-state index in [0.717, 1.165) is 0 Å². The fourth-order valence-corrected chi connectivity index (χ4v) is 2.01. The van der Waals surface area contributed by atoms with Crippen molar-refractivity contribution in [1.29, 1.82) is 0 Å². The molecular formula is C11H15ClN4O2. The molecule has 6 N–H and O–H groups in total. The van der Waals surface area contributed by atoms with Gasteiger partial charge in [0.15, 0.2) is 0 Å². The third-order valence-corrected chi connectivity index (χ3v) is 2.68. The average Bonchev–Trinajstić information content (AvgIpc) is 2.25. The van der Waals surface area contributed by atoms with Gasteiger partial charge in [-0.05, 0) is 19.1 Å². The Morgan fingerprint density at radius 2 is 1.94 bits per heavy atom. The molecule has 1 aromatic carbocycles. The van der Waals surface area contributed by atoms with Crippen LogP contribution in [0.2, 0.25) is 5.02 Å². The van der Waals surface area contributed by atoms with Crippen LogP contribution in [0.4, 0.5) is 11.4 Å². The molecule has 1 aromatic rings. The van der Waals surface area contributed by atoms with Crippen LogP contribution in [0, 0.1) is 0 Å². The van der Waals surface area contributed by atoms with Gasteiger partial charge < -0.3 is 22.1 Å². The summed E-state index contributed by atoms with van der Waals surface area (Å²) >= 11 is 6.05. The van der Waals surface area contributed by atoms with Gasteiger partial charge in [-0.15, -0.1) is 0 Å². The number of nitrogen functional groups attached to an aromatic ring is 1. The first-order valence-corrected chi connectivity index (χ1v) is 5.66. The Bertz CT molecular complexity index is 490. The fraction of sp³-hybridized carbons (Fsp3) is 0.273. The highest BCUT2D eigenvalue weighted by Gasteiger charge is 2.19. The minimum atomic E-state index is -0.665. The van der Waals surface area contributed by atoms with E-state index in [1.807, 2.05) is 0 Å². The number of rotatable bonds is 5. The molecular weight excluding hydrogens is 256 g/mol. The topological polar surface area (TPSA) is 115 Å². The maximum atomic E-state index is 11.4. The minimum Gasteiger partial charge on any atom is -0.399 e. The van der Waals surface area contributed by atoms with Crippen LogP contribution in [0.3, 0.4) is 0 Å². The fourth-order valence-electron chi connectivity index (χ4n) is 1.67. The van der Waals surface area contributed by atoms with Crippen molar-refractivity contribution in [3.8, 4) is 0 Å². The number of carbonyl (C=O) groups is 2. The van der Waals surface area contributed by atoms with Crippen molar-refractivity contribution in [2.45, 2.75) is 6.92 Å². The number of carbonyl (C=O) groups excluding carboxylic acids is 2. The van der Waals surface area contributed by atoms with Gasteiger partial charge in [0.1, 0.15) is 0 Å². The summed E-state index contributed by atoms with van der Waals surface area (Å²) in [6, 6.07) is 2.92. The SMILES string of the molecule is CCN(CC(N)=O)c1c(Cl)cc(N)cc1C(N)=O. The van der Waals surface area contributed by atoms with Gasteiger partial charge in [-0.25, -0.2) is 0 Å². The molecule has 0 aliphatic heterocycles. The van der Waals surface area contributed by atoms with Gasteiger partial charge in [0, 0.05) is 12.2 Å². The Morgan fingerprint density at radius 1 is 1.33 bits per heavy atom. The number of hydrogen-bond acceptors (Lipinski definition) is 4. The van der Waals surface area contributed by atoms with E-state index in [4.69, 9.17) is 28.8 Å². The monoisotopic (exact) mass is 270 g/mol. The van der Waals surface area contributed by atoms with E-state index in [9.17, 15) is 9.59 Å². The molecule has 0 saturated carbocycles. The highest BCUT2D eigenvalue weighted by molar-refractivity contribution is 6.34. The van der Waals surface area contributed by atoms with Crippen LogP contribution in [0.25, 0.3) is 0 Å². The number of anilines is 2. The molecule has 0 heterocycles. The molecule has 0 aliphatic carbocycles. The van der Waals surface area contributed by atoms with E-state index in [-0.39, 0.29) is 17.1 Å². The zero-order chi connectivity index (χ0) is 13.9. The first-order chi connectivity index (χ1) is 8.36. The highest BCUT2D eigenvalue weighted by atomic mass is 35.5. The lowest BCUT2D eigenvalue weighted by Crippen LogP contribution is -2.35. The zero-order valence-corrected chi connectivity index (χ0v) is 10.7. The lowest BCUT2D eigenvalue weighted by atomic mass is 10.1. The average molecular weight is 271 g/mol. The third kappa shape index (κ3) is 3.04. The molecule has 0 aromatic heterocycles. The van der Waals surface area contributed by atoms with E-state index >= 15 is 0 Å². The molecule has 98 valence electrons. The van der Waals surface area contributed by atoms with Crippen molar-refractivity contribution in [3.05, 3.63) is 22.7 Å². The second kappa shape index (κ2) is 5.59. The van der Waals surface area contributed by atoms with E-state index in [1.165, 1.54) is 12.1 Å². The molecule has 0 atom stereocenters. The lowest BCUT2D eigenvalue weighted by Gasteiger charge is -2.24. The Hall–Kier alpha value is -1.95. The zero-order valence-electron chi connectivity index (χ0n) is 9.94. The number of likely N-dealkylation sites (N-methyl/N-ethyl adjacent to an activating group) is 1. The molecule has 0 aliphatic rings. The molecule has 0 saturated heterocycles. The molecule has 2 amide bonds. The number of halogens is 1. The van der Waals surface area contributed by atoms with Crippen molar-refractivity contribution in [2.24, 2.45) is 11.5 Å². The summed E-state index contributed by atoms with van der Waals surface area (Å²) in [5.74, 6) is -1.19. The number of hydrogen-bond donors (Lipinski definition) is 3. The van der Waals surface area contributed by atoms with Crippen LogP contribution in [0.5, 0.6) is 0 Å². The first-order valence-electron chi connectivity index (χ1n) is 5.28. The molecule has 0 unspecified atom stereocenters. The van der Waals surface area contributed by atoms with Crippen molar-refractivity contribution in [2.75, 3.05) is 23.7 Å². The molecule has 18 heavy (non-hydrogen) atoms. The molecule has 7 heteroatoms. The summed E-state index contributed by atoms with van der Waals surface area (Å²) in [4.78, 5) is 24.0. The number of nitrogens with zero attached hydrogens (tertiary/aromatic N) is 1.